The monoisotopic (exact) mass is 380 g/mol. The highest BCUT2D eigenvalue weighted by atomic mass is 16.8. The van der Waals surface area contributed by atoms with Gasteiger partial charge in [-0.15, -0.1) is 0 Å². The molecular weight excluding hydrogens is 344 g/mol. The molecule has 27 heavy (non-hydrogen) atoms. The first-order valence-electron chi connectivity index (χ1n) is 11.0. The molecular formula is C22H36O5. The molecule has 5 nitrogen and oxygen atoms in total. The highest BCUT2D eigenvalue weighted by molar-refractivity contribution is 5.24. The Hall–Kier alpha value is -0.460. The third-order valence-corrected chi connectivity index (χ3v) is 7.90. The first-order chi connectivity index (χ1) is 13.1. The highest BCUT2D eigenvalue weighted by Crippen LogP contribution is 2.66. The predicted octanol–water partition coefficient (Wildman–Crippen LogP) is 3.04. The minimum atomic E-state index is -0.657. The Labute approximate surface area is 163 Å². The van der Waals surface area contributed by atoms with Crippen molar-refractivity contribution in [2.45, 2.75) is 81.9 Å². The zero-order valence-corrected chi connectivity index (χ0v) is 16.8. The molecule has 0 radical (unpaired) electrons. The molecule has 0 bridgehead atoms. The van der Waals surface area contributed by atoms with E-state index in [1.165, 1.54) is 19.3 Å². The van der Waals surface area contributed by atoms with Gasteiger partial charge in [-0.3, -0.25) is 0 Å². The van der Waals surface area contributed by atoms with E-state index in [9.17, 15) is 10.2 Å². The second-order valence-corrected chi connectivity index (χ2v) is 8.96. The largest absolute Gasteiger partial charge is 0.393 e. The summed E-state index contributed by atoms with van der Waals surface area (Å²) in [5.41, 5.74) is -0.492. The number of rotatable bonds is 5. The lowest BCUT2D eigenvalue weighted by Crippen LogP contribution is -2.80. The molecule has 154 valence electrons. The molecule has 4 aliphatic rings. The van der Waals surface area contributed by atoms with E-state index in [-0.39, 0.29) is 17.8 Å². The molecule has 0 aromatic rings. The summed E-state index contributed by atoms with van der Waals surface area (Å²) in [5, 5.41) is 21.5. The van der Waals surface area contributed by atoms with Gasteiger partial charge < -0.3 is 24.4 Å². The zero-order valence-electron chi connectivity index (χ0n) is 16.8. The lowest BCUT2D eigenvalue weighted by Gasteiger charge is -2.69. The fourth-order valence-electron chi connectivity index (χ4n) is 6.64. The molecule has 5 heteroatoms. The van der Waals surface area contributed by atoms with Crippen LogP contribution < -0.4 is 0 Å². The standard InChI is InChI=1S/C22H36O5/c1-3-17-20-16(9-10-18(23)15-7-5-4-6-8-15)19(24)11-12-21(20,25-2)22(17)26-13-14-27-22/h9-10,15-20,23-24H,3-8,11-14H2,1-2H3/b10-9+/t16-,17?,18+,19+,20-,21+/m0/s1. The minimum Gasteiger partial charge on any atom is -0.393 e. The van der Waals surface area contributed by atoms with Crippen molar-refractivity contribution in [2.75, 3.05) is 20.3 Å². The van der Waals surface area contributed by atoms with Crippen molar-refractivity contribution < 1.29 is 24.4 Å². The molecule has 1 spiro atoms. The lowest BCUT2D eigenvalue weighted by atomic mass is 9.46. The summed E-state index contributed by atoms with van der Waals surface area (Å²) in [5.74, 6) is 0.0371. The normalized spacial score (nSPS) is 43.0. The van der Waals surface area contributed by atoms with Crippen LogP contribution in [0.1, 0.15) is 58.3 Å². The molecule has 6 atom stereocenters. The van der Waals surface area contributed by atoms with Gasteiger partial charge in [-0.1, -0.05) is 38.3 Å². The first-order valence-corrected chi connectivity index (χ1v) is 11.0. The van der Waals surface area contributed by atoms with Gasteiger partial charge in [0.15, 0.2) is 0 Å². The molecule has 1 heterocycles. The van der Waals surface area contributed by atoms with Crippen LogP contribution in [0.3, 0.4) is 0 Å². The van der Waals surface area contributed by atoms with E-state index in [2.05, 4.69) is 13.0 Å². The fourth-order valence-corrected chi connectivity index (χ4v) is 6.64. The third-order valence-electron chi connectivity index (χ3n) is 7.90. The Bertz CT molecular complexity index is 537. The second-order valence-electron chi connectivity index (χ2n) is 8.96. The summed E-state index contributed by atoms with van der Waals surface area (Å²) >= 11 is 0. The average Bonchev–Trinajstić information content (AvgIpc) is 3.21. The van der Waals surface area contributed by atoms with E-state index >= 15 is 0 Å². The van der Waals surface area contributed by atoms with Crippen LogP contribution in [-0.4, -0.2) is 54.1 Å². The lowest BCUT2D eigenvalue weighted by molar-refractivity contribution is -0.417. The maximum absolute atomic E-state index is 10.8. The van der Waals surface area contributed by atoms with Crippen molar-refractivity contribution in [3.63, 3.8) is 0 Å². The fraction of sp³-hybridized carbons (Fsp3) is 0.909. The van der Waals surface area contributed by atoms with Gasteiger partial charge >= 0.3 is 0 Å². The van der Waals surface area contributed by atoms with Gasteiger partial charge in [0, 0.05) is 24.9 Å². The molecule has 0 aromatic carbocycles. The Morgan fingerprint density at radius 3 is 2.48 bits per heavy atom. The van der Waals surface area contributed by atoms with Crippen molar-refractivity contribution in [3.8, 4) is 0 Å². The van der Waals surface area contributed by atoms with E-state index in [4.69, 9.17) is 14.2 Å². The van der Waals surface area contributed by atoms with Crippen LogP contribution in [0.4, 0.5) is 0 Å². The summed E-state index contributed by atoms with van der Waals surface area (Å²) in [4.78, 5) is 0. The highest BCUT2D eigenvalue weighted by Gasteiger charge is 2.78. The van der Waals surface area contributed by atoms with Gasteiger partial charge in [-0.25, -0.2) is 0 Å². The summed E-state index contributed by atoms with van der Waals surface area (Å²) < 4.78 is 18.4. The molecule has 0 amide bonds. The average molecular weight is 381 g/mol. The van der Waals surface area contributed by atoms with Crippen LogP contribution in [-0.2, 0) is 14.2 Å². The van der Waals surface area contributed by atoms with Crippen LogP contribution in [0.5, 0.6) is 0 Å². The zero-order chi connectivity index (χ0) is 19.1. The van der Waals surface area contributed by atoms with Gasteiger partial charge in [0.05, 0.1) is 25.4 Å². The van der Waals surface area contributed by atoms with Crippen LogP contribution in [0.25, 0.3) is 0 Å². The van der Waals surface area contributed by atoms with E-state index in [0.717, 1.165) is 25.7 Å². The van der Waals surface area contributed by atoms with E-state index < -0.39 is 23.6 Å². The number of ether oxygens (including phenoxy) is 3. The number of fused-ring (bicyclic) bond motifs is 2. The third kappa shape index (κ3) is 2.93. The first kappa shape index (κ1) is 19.8. The molecule has 1 saturated heterocycles. The van der Waals surface area contributed by atoms with Crippen molar-refractivity contribution >= 4 is 0 Å². The van der Waals surface area contributed by atoms with Crippen molar-refractivity contribution in [1.82, 2.24) is 0 Å². The van der Waals surface area contributed by atoms with Crippen molar-refractivity contribution in [2.24, 2.45) is 23.7 Å². The molecule has 3 saturated carbocycles. The minimum absolute atomic E-state index is 0.0275. The molecule has 4 rings (SSSR count). The Kier molecular flexibility index (Phi) is 5.70. The van der Waals surface area contributed by atoms with Crippen LogP contribution in [0.2, 0.25) is 0 Å². The maximum Gasteiger partial charge on any atom is 0.201 e. The number of aliphatic hydroxyl groups excluding tert-OH is 2. The summed E-state index contributed by atoms with van der Waals surface area (Å²) in [7, 11) is 1.75. The Morgan fingerprint density at radius 1 is 1.15 bits per heavy atom. The molecule has 2 N–H and O–H groups in total. The molecule has 1 aliphatic heterocycles. The quantitative estimate of drug-likeness (QED) is 0.718. The van der Waals surface area contributed by atoms with Gasteiger partial charge in [0.25, 0.3) is 0 Å². The van der Waals surface area contributed by atoms with E-state index in [0.29, 0.717) is 25.6 Å². The van der Waals surface area contributed by atoms with Crippen molar-refractivity contribution in [3.05, 3.63) is 12.2 Å². The van der Waals surface area contributed by atoms with Crippen LogP contribution >= 0.6 is 0 Å². The van der Waals surface area contributed by atoms with E-state index in [1.54, 1.807) is 7.11 Å². The number of methoxy groups -OCH3 is 1. The topological polar surface area (TPSA) is 68.2 Å². The van der Waals surface area contributed by atoms with Gasteiger partial charge in [-0.05, 0) is 38.0 Å². The SMILES string of the molecule is CCC1[C@@H]2[C@@H](/C=C/[C@@H](O)C3CCCCC3)[C@H](O)CC[C@]2(OC)C12OCCO2. The van der Waals surface area contributed by atoms with Gasteiger partial charge in [0.1, 0.15) is 5.60 Å². The van der Waals surface area contributed by atoms with Gasteiger partial charge in [0.2, 0.25) is 5.79 Å². The Morgan fingerprint density at radius 2 is 1.85 bits per heavy atom. The molecule has 3 aliphatic carbocycles. The summed E-state index contributed by atoms with van der Waals surface area (Å²) in [6.45, 7) is 3.38. The van der Waals surface area contributed by atoms with Crippen molar-refractivity contribution in [1.29, 1.82) is 0 Å². The summed E-state index contributed by atoms with van der Waals surface area (Å²) in [6.07, 6.45) is 11.5. The van der Waals surface area contributed by atoms with E-state index in [1.807, 2.05) is 6.08 Å². The molecule has 0 aromatic heterocycles. The predicted molar refractivity (Wildman–Crippen MR) is 102 cm³/mol. The smallest absolute Gasteiger partial charge is 0.201 e. The molecule has 1 unspecified atom stereocenters. The Balaban J connectivity index is 1.56. The van der Waals surface area contributed by atoms with Gasteiger partial charge in [-0.2, -0.15) is 0 Å². The second kappa shape index (κ2) is 7.75. The number of hydrogen-bond donors (Lipinski definition) is 2. The number of aliphatic hydroxyl groups is 2. The number of hydrogen-bond acceptors (Lipinski definition) is 5. The summed E-state index contributed by atoms with van der Waals surface area (Å²) in [6, 6.07) is 0. The maximum atomic E-state index is 10.8. The van der Waals surface area contributed by atoms with Crippen LogP contribution in [0.15, 0.2) is 12.2 Å². The molecule has 4 fully saturated rings. The van der Waals surface area contributed by atoms with Crippen LogP contribution in [0, 0.1) is 23.7 Å².